The molecule has 3 rings (SSSR count). The SMILES string of the molecule is CC(NC(=O)CCCc1cccs1)c1ccc2c(c1)NC(=O)CO2. The largest absolute Gasteiger partial charge is 0.482 e. The average molecular weight is 344 g/mol. The minimum atomic E-state index is -0.162. The van der Waals surface area contributed by atoms with E-state index in [1.165, 1.54) is 4.88 Å². The Labute approximate surface area is 145 Å². The molecule has 2 heterocycles. The van der Waals surface area contributed by atoms with Crippen molar-refractivity contribution in [3.63, 3.8) is 0 Å². The number of benzene rings is 1. The number of ether oxygens (including phenoxy) is 1. The Morgan fingerprint density at radius 3 is 3.08 bits per heavy atom. The standard InChI is InChI=1S/C18H20N2O3S/c1-12(19-17(21)6-2-4-14-5-3-9-24-14)13-7-8-16-15(10-13)20-18(22)11-23-16/h3,5,7-10,12H,2,4,6,11H2,1H3,(H,19,21)(H,20,22). The third-order valence-corrected chi connectivity index (χ3v) is 4.86. The van der Waals surface area contributed by atoms with Gasteiger partial charge in [-0.3, -0.25) is 9.59 Å². The molecule has 1 atom stereocenters. The first-order chi connectivity index (χ1) is 11.6. The van der Waals surface area contributed by atoms with Gasteiger partial charge in [-0.2, -0.15) is 0 Å². The van der Waals surface area contributed by atoms with E-state index in [1.807, 2.05) is 31.2 Å². The van der Waals surface area contributed by atoms with Gasteiger partial charge >= 0.3 is 0 Å². The molecule has 0 spiro atoms. The van der Waals surface area contributed by atoms with Crippen LogP contribution in [0.1, 0.15) is 36.2 Å². The lowest BCUT2D eigenvalue weighted by molar-refractivity contribution is -0.122. The van der Waals surface area contributed by atoms with Crippen molar-refractivity contribution in [1.29, 1.82) is 0 Å². The van der Waals surface area contributed by atoms with Gasteiger partial charge < -0.3 is 15.4 Å². The van der Waals surface area contributed by atoms with Gasteiger partial charge in [0.25, 0.3) is 5.91 Å². The molecule has 2 aromatic rings. The highest BCUT2D eigenvalue weighted by atomic mass is 32.1. The van der Waals surface area contributed by atoms with Crippen LogP contribution in [0.15, 0.2) is 35.7 Å². The summed E-state index contributed by atoms with van der Waals surface area (Å²) in [6.45, 7) is 1.98. The molecule has 0 fully saturated rings. The Bertz CT molecular complexity index is 728. The molecule has 0 bridgehead atoms. The number of rotatable bonds is 6. The smallest absolute Gasteiger partial charge is 0.262 e. The van der Waals surface area contributed by atoms with Crippen molar-refractivity contribution in [3.8, 4) is 5.75 Å². The molecule has 0 saturated heterocycles. The second-order valence-corrected chi connectivity index (χ2v) is 6.85. The van der Waals surface area contributed by atoms with E-state index in [0.717, 1.165) is 18.4 Å². The van der Waals surface area contributed by atoms with E-state index in [2.05, 4.69) is 22.1 Å². The van der Waals surface area contributed by atoms with Crippen LogP contribution in [0.25, 0.3) is 0 Å². The first-order valence-electron chi connectivity index (χ1n) is 8.00. The maximum absolute atomic E-state index is 12.1. The van der Waals surface area contributed by atoms with E-state index in [-0.39, 0.29) is 24.5 Å². The molecule has 2 N–H and O–H groups in total. The number of thiophene rings is 1. The molecule has 126 valence electrons. The Morgan fingerprint density at radius 2 is 2.29 bits per heavy atom. The quantitative estimate of drug-likeness (QED) is 0.845. The molecule has 1 unspecified atom stereocenters. The molecule has 5 nitrogen and oxygen atoms in total. The van der Waals surface area contributed by atoms with Gasteiger partial charge in [0.05, 0.1) is 11.7 Å². The Hall–Kier alpha value is -2.34. The molecule has 24 heavy (non-hydrogen) atoms. The zero-order valence-corrected chi connectivity index (χ0v) is 14.3. The van der Waals surface area contributed by atoms with Gasteiger partial charge in [-0.05, 0) is 48.9 Å². The van der Waals surface area contributed by atoms with E-state index in [9.17, 15) is 9.59 Å². The summed E-state index contributed by atoms with van der Waals surface area (Å²) in [5, 5.41) is 7.84. The summed E-state index contributed by atoms with van der Waals surface area (Å²) in [6.07, 6.45) is 2.28. The molecular formula is C18H20N2O3S. The van der Waals surface area contributed by atoms with Gasteiger partial charge in [0.2, 0.25) is 5.91 Å². The van der Waals surface area contributed by atoms with Crippen molar-refractivity contribution >= 4 is 28.8 Å². The zero-order chi connectivity index (χ0) is 16.9. The first-order valence-corrected chi connectivity index (χ1v) is 8.88. The summed E-state index contributed by atoms with van der Waals surface area (Å²) in [5.41, 5.74) is 1.59. The van der Waals surface area contributed by atoms with Gasteiger partial charge in [0, 0.05) is 11.3 Å². The number of hydrogen-bond acceptors (Lipinski definition) is 4. The number of nitrogens with one attached hydrogen (secondary N) is 2. The number of carbonyl (C=O) groups excluding carboxylic acids is 2. The number of amides is 2. The number of carbonyl (C=O) groups is 2. The number of fused-ring (bicyclic) bond motifs is 1. The van der Waals surface area contributed by atoms with E-state index in [1.54, 1.807) is 11.3 Å². The van der Waals surface area contributed by atoms with Crippen LogP contribution in [0.3, 0.4) is 0 Å². The van der Waals surface area contributed by atoms with Gasteiger partial charge in [0.1, 0.15) is 5.75 Å². The molecular weight excluding hydrogens is 324 g/mol. The first kappa shape index (κ1) is 16.5. The molecule has 6 heteroatoms. The lowest BCUT2D eigenvalue weighted by Gasteiger charge is -2.21. The zero-order valence-electron chi connectivity index (χ0n) is 13.5. The summed E-state index contributed by atoms with van der Waals surface area (Å²) in [6, 6.07) is 9.58. The predicted octanol–water partition coefficient (Wildman–Crippen LogP) is 3.28. The molecule has 0 saturated carbocycles. The summed E-state index contributed by atoms with van der Waals surface area (Å²) >= 11 is 1.72. The van der Waals surface area contributed by atoms with Crippen molar-refractivity contribution in [2.45, 2.75) is 32.2 Å². The molecule has 0 radical (unpaired) electrons. The van der Waals surface area contributed by atoms with E-state index in [4.69, 9.17) is 4.74 Å². The summed E-state index contributed by atoms with van der Waals surface area (Å²) in [7, 11) is 0. The highest BCUT2D eigenvalue weighted by Gasteiger charge is 2.18. The van der Waals surface area contributed by atoms with Crippen molar-refractivity contribution < 1.29 is 14.3 Å². The van der Waals surface area contributed by atoms with E-state index >= 15 is 0 Å². The lowest BCUT2D eigenvalue weighted by atomic mass is 10.1. The average Bonchev–Trinajstić information content (AvgIpc) is 3.07. The second kappa shape index (κ2) is 7.49. The van der Waals surface area contributed by atoms with Crippen LogP contribution in [0, 0.1) is 0 Å². The van der Waals surface area contributed by atoms with Crippen molar-refractivity contribution in [3.05, 3.63) is 46.2 Å². The van der Waals surface area contributed by atoms with Crippen molar-refractivity contribution in [2.75, 3.05) is 11.9 Å². The molecule has 1 aliphatic heterocycles. The fourth-order valence-corrected chi connectivity index (χ4v) is 3.40. The Balaban J connectivity index is 1.52. The maximum atomic E-state index is 12.1. The minimum absolute atomic E-state index is 0.0389. The van der Waals surface area contributed by atoms with Crippen molar-refractivity contribution in [1.82, 2.24) is 5.32 Å². The van der Waals surface area contributed by atoms with Crippen LogP contribution in [-0.2, 0) is 16.0 Å². The third-order valence-electron chi connectivity index (χ3n) is 3.92. The number of aryl methyl sites for hydroxylation is 1. The third kappa shape index (κ3) is 4.14. The van der Waals surface area contributed by atoms with Gasteiger partial charge in [-0.25, -0.2) is 0 Å². The predicted molar refractivity (Wildman–Crippen MR) is 94.4 cm³/mol. The molecule has 2 amide bonds. The second-order valence-electron chi connectivity index (χ2n) is 5.81. The highest BCUT2D eigenvalue weighted by Crippen LogP contribution is 2.30. The number of hydrogen-bond donors (Lipinski definition) is 2. The Kier molecular flexibility index (Phi) is 5.15. The van der Waals surface area contributed by atoms with E-state index < -0.39 is 0 Å². The normalized spacial score (nSPS) is 14.3. The van der Waals surface area contributed by atoms with Crippen LogP contribution in [-0.4, -0.2) is 18.4 Å². The lowest BCUT2D eigenvalue weighted by Crippen LogP contribution is -2.28. The van der Waals surface area contributed by atoms with Crippen LogP contribution in [0.4, 0.5) is 5.69 Å². The fourth-order valence-electron chi connectivity index (χ4n) is 2.65. The summed E-state index contributed by atoms with van der Waals surface area (Å²) < 4.78 is 5.34. The monoisotopic (exact) mass is 344 g/mol. The Morgan fingerprint density at radius 1 is 1.42 bits per heavy atom. The molecule has 1 aromatic carbocycles. The highest BCUT2D eigenvalue weighted by molar-refractivity contribution is 7.09. The molecule has 1 aliphatic rings. The van der Waals surface area contributed by atoms with Crippen LogP contribution >= 0.6 is 11.3 Å². The number of anilines is 1. The summed E-state index contributed by atoms with van der Waals surface area (Å²) in [4.78, 5) is 24.8. The van der Waals surface area contributed by atoms with Crippen LogP contribution in [0.5, 0.6) is 5.75 Å². The van der Waals surface area contributed by atoms with E-state index in [0.29, 0.717) is 17.9 Å². The fraction of sp³-hybridized carbons (Fsp3) is 0.333. The molecule has 1 aromatic heterocycles. The van der Waals surface area contributed by atoms with Crippen LogP contribution in [0.2, 0.25) is 0 Å². The minimum Gasteiger partial charge on any atom is -0.482 e. The molecule has 0 aliphatic carbocycles. The van der Waals surface area contributed by atoms with Crippen LogP contribution < -0.4 is 15.4 Å². The van der Waals surface area contributed by atoms with Gasteiger partial charge in [0.15, 0.2) is 6.61 Å². The van der Waals surface area contributed by atoms with Gasteiger partial charge in [-0.1, -0.05) is 12.1 Å². The maximum Gasteiger partial charge on any atom is 0.262 e. The van der Waals surface area contributed by atoms with Crippen molar-refractivity contribution in [2.24, 2.45) is 0 Å². The summed E-state index contributed by atoms with van der Waals surface area (Å²) in [5.74, 6) is 0.537. The topological polar surface area (TPSA) is 67.4 Å². The van der Waals surface area contributed by atoms with Gasteiger partial charge in [-0.15, -0.1) is 11.3 Å².